The van der Waals surface area contributed by atoms with E-state index in [9.17, 15) is 4.79 Å². The van der Waals surface area contributed by atoms with E-state index >= 15 is 0 Å². The smallest absolute Gasteiger partial charge is 0.267 e. The number of primary amides is 1. The molecule has 6 heteroatoms. The van der Waals surface area contributed by atoms with Crippen molar-refractivity contribution in [1.29, 1.82) is 0 Å². The zero-order valence-electron chi connectivity index (χ0n) is 11.4. The van der Waals surface area contributed by atoms with Gasteiger partial charge in [-0.05, 0) is 35.4 Å². The van der Waals surface area contributed by atoms with E-state index in [2.05, 4.69) is 26.7 Å². The Morgan fingerprint density at radius 1 is 1.33 bits per heavy atom. The average molecular weight is 301 g/mol. The number of benzene rings is 1. The summed E-state index contributed by atoms with van der Waals surface area (Å²) < 4.78 is 2.06. The van der Waals surface area contributed by atoms with E-state index in [4.69, 9.17) is 17.3 Å². The molecule has 3 aromatic rings. The maximum atomic E-state index is 11.2. The standard InChI is InChI=1S/C15H13ClN4O/c1-20-6-5-11-9(3-2-4-13(11)20)7-10-8-12(14(17)21)19-15(16)18-10/h2-6,8H,7H2,1H3,(H2,17,21). The molecule has 5 nitrogen and oxygen atoms in total. The number of nitrogens with zero attached hydrogens (tertiary/aromatic N) is 3. The number of nitrogens with two attached hydrogens (primary N) is 1. The van der Waals surface area contributed by atoms with Crippen molar-refractivity contribution in [2.24, 2.45) is 12.8 Å². The molecule has 0 spiro atoms. The van der Waals surface area contributed by atoms with Gasteiger partial charge in [0.2, 0.25) is 5.28 Å². The van der Waals surface area contributed by atoms with Crippen LogP contribution in [0.1, 0.15) is 21.7 Å². The third-order valence-corrected chi connectivity index (χ3v) is 3.56. The van der Waals surface area contributed by atoms with Crippen LogP contribution in [0.25, 0.3) is 10.9 Å². The normalized spacial score (nSPS) is 11.0. The molecule has 2 aromatic heterocycles. The minimum Gasteiger partial charge on any atom is -0.364 e. The number of aryl methyl sites for hydroxylation is 1. The van der Waals surface area contributed by atoms with Crippen molar-refractivity contribution >= 4 is 28.4 Å². The van der Waals surface area contributed by atoms with Crippen LogP contribution in [0.5, 0.6) is 0 Å². The number of carbonyl (C=O) groups excluding carboxylic acids is 1. The molecule has 1 amide bonds. The van der Waals surface area contributed by atoms with Gasteiger partial charge in [-0.1, -0.05) is 12.1 Å². The van der Waals surface area contributed by atoms with Gasteiger partial charge in [0.25, 0.3) is 5.91 Å². The van der Waals surface area contributed by atoms with Crippen molar-refractivity contribution in [2.75, 3.05) is 0 Å². The Labute approximate surface area is 126 Å². The lowest BCUT2D eigenvalue weighted by molar-refractivity contribution is 0.0995. The first kappa shape index (κ1) is 13.6. The number of fused-ring (bicyclic) bond motifs is 1. The molecule has 1 aromatic carbocycles. The molecule has 0 fully saturated rings. The number of carbonyl (C=O) groups is 1. The Balaban J connectivity index is 2.04. The Morgan fingerprint density at radius 2 is 2.14 bits per heavy atom. The topological polar surface area (TPSA) is 73.8 Å². The minimum atomic E-state index is -0.613. The summed E-state index contributed by atoms with van der Waals surface area (Å²) in [4.78, 5) is 19.2. The predicted octanol–water partition coefficient (Wildman–Crippen LogP) is 2.31. The fourth-order valence-electron chi connectivity index (χ4n) is 2.40. The van der Waals surface area contributed by atoms with Crippen LogP contribution >= 0.6 is 11.6 Å². The minimum absolute atomic E-state index is 0.0292. The van der Waals surface area contributed by atoms with Crippen LogP contribution in [-0.2, 0) is 13.5 Å². The van der Waals surface area contributed by atoms with E-state index in [-0.39, 0.29) is 11.0 Å². The summed E-state index contributed by atoms with van der Waals surface area (Å²) in [5.41, 5.74) is 8.30. The highest BCUT2D eigenvalue weighted by atomic mass is 35.5. The molecule has 0 unspecified atom stereocenters. The van der Waals surface area contributed by atoms with E-state index in [1.165, 1.54) is 0 Å². The Hall–Kier alpha value is -2.40. The molecule has 21 heavy (non-hydrogen) atoms. The molecular formula is C15H13ClN4O. The van der Waals surface area contributed by atoms with E-state index in [0.29, 0.717) is 12.1 Å². The van der Waals surface area contributed by atoms with Gasteiger partial charge in [-0.3, -0.25) is 4.79 Å². The first-order valence-electron chi connectivity index (χ1n) is 6.41. The van der Waals surface area contributed by atoms with Crippen molar-refractivity contribution in [3.63, 3.8) is 0 Å². The molecule has 2 heterocycles. The Bertz CT molecular complexity index is 841. The molecule has 0 radical (unpaired) electrons. The first-order valence-corrected chi connectivity index (χ1v) is 6.78. The van der Waals surface area contributed by atoms with Crippen molar-refractivity contribution in [3.05, 3.63) is 58.8 Å². The van der Waals surface area contributed by atoms with Gasteiger partial charge in [0.1, 0.15) is 5.69 Å². The summed E-state index contributed by atoms with van der Waals surface area (Å²) in [6.45, 7) is 0. The van der Waals surface area contributed by atoms with Gasteiger partial charge in [0.05, 0.1) is 5.69 Å². The highest BCUT2D eigenvalue weighted by molar-refractivity contribution is 6.28. The van der Waals surface area contributed by atoms with Crippen LogP contribution in [0.4, 0.5) is 0 Å². The van der Waals surface area contributed by atoms with E-state index in [1.807, 2.05) is 25.4 Å². The molecule has 0 atom stereocenters. The molecule has 106 valence electrons. The zero-order chi connectivity index (χ0) is 15.0. The third-order valence-electron chi connectivity index (χ3n) is 3.39. The monoisotopic (exact) mass is 300 g/mol. The zero-order valence-corrected chi connectivity index (χ0v) is 12.1. The lowest BCUT2D eigenvalue weighted by Gasteiger charge is -2.06. The lowest BCUT2D eigenvalue weighted by Crippen LogP contribution is -2.14. The van der Waals surface area contributed by atoms with Crippen LogP contribution < -0.4 is 5.73 Å². The molecule has 0 aliphatic carbocycles. The van der Waals surface area contributed by atoms with Gasteiger partial charge < -0.3 is 10.3 Å². The summed E-state index contributed by atoms with van der Waals surface area (Å²) in [5, 5.41) is 1.18. The van der Waals surface area contributed by atoms with Gasteiger partial charge in [0.15, 0.2) is 0 Å². The molecule has 3 rings (SSSR count). The highest BCUT2D eigenvalue weighted by Gasteiger charge is 2.10. The lowest BCUT2D eigenvalue weighted by atomic mass is 10.0. The van der Waals surface area contributed by atoms with Crippen molar-refractivity contribution in [1.82, 2.24) is 14.5 Å². The second kappa shape index (κ2) is 5.18. The van der Waals surface area contributed by atoms with Crippen molar-refractivity contribution < 1.29 is 4.79 Å². The Kier molecular flexibility index (Phi) is 3.35. The molecule has 0 saturated heterocycles. The van der Waals surface area contributed by atoms with Crippen molar-refractivity contribution in [3.8, 4) is 0 Å². The molecule has 2 N–H and O–H groups in total. The SMILES string of the molecule is Cn1ccc2c(Cc3cc(C(N)=O)nc(Cl)n3)cccc21. The molecule has 0 saturated carbocycles. The summed E-state index contributed by atoms with van der Waals surface area (Å²) in [6.07, 6.45) is 2.57. The maximum Gasteiger partial charge on any atom is 0.267 e. The van der Waals surface area contributed by atoms with Crippen molar-refractivity contribution in [2.45, 2.75) is 6.42 Å². The summed E-state index contributed by atoms with van der Waals surface area (Å²) in [7, 11) is 2.00. The number of halogens is 1. The quantitative estimate of drug-likeness (QED) is 0.754. The van der Waals surface area contributed by atoms with E-state index in [0.717, 1.165) is 16.5 Å². The molecule has 0 aliphatic rings. The van der Waals surface area contributed by atoms with Crippen LogP contribution in [0.3, 0.4) is 0 Å². The van der Waals surface area contributed by atoms with Crippen LogP contribution in [0.15, 0.2) is 36.5 Å². The molecule has 0 aliphatic heterocycles. The Morgan fingerprint density at radius 3 is 2.90 bits per heavy atom. The van der Waals surface area contributed by atoms with Crippen LogP contribution in [-0.4, -0.2) is 20.4 Å². The van der Waals surface area contributed by atoms with Gasteiger partial charge >= 0.3 is 0 Å². The predicted molar refractivity (Wildman–Crippen MR) is 81.3 cm³/mol. The average Bonchev–Trinajstić information content (AvgIpc) is 2.81. The second-order valence-electron chi connectivity index (χ2n) is 4.83. The molecular weight excluding hydrogens is 288 g/mol. The fraction of sp³-hybridized carbons (Fsp3) is 0.133. The van der Waals surface area contributed by atoms with E-state index in [1.54, 1.807) is 6.07 Å². The van der Waals surface area contributed by atoms with Gasteiger partial charge in [-0.15, -0.1) is 0 Å². The number of aromatic nitrogens is 3. The third kappa shape index (κ3) is 2.60. The number of hydrogen-bond acceptors (Lipinski definition) is 3. The van der Waals surface area contributed by atoms with Gasteiger partial charge in [-0.25, -0.2) is 9.97 Å². The number of rotatable bonds is 3. The van der Waals surface area contributed by atoms with E-state index < -0.39 is 5.91 Å². The highest BCUT2D eigenvalue weighted by Crippen LogP contribution is 2.22. The number of amides is 1. The largest absolute Gasteiger partial charge is 0.364 e. The fourth-order valence-corrected chi connectivity index (χ4v) is 2.60. The van der Waals surface area contributed by atoms with Crippen LogP contribution in [0, 0.1) is 0 Å². The van der Waals surface area contributed by atoms with Gasteiger partial charge in [0, 0.05) is 30.6 Å². The van der Waals surface area contributed by atoms with Crippen LogP contribution in [0.2, 0.25) is 5.28 Å². The number of hydrogen-bond donors (Lipinski definition) is 1. The second-order valence-corrected chi connectivity index (χ2v) is 5.17. The first-order chi connectivity index (χ1) is 10.0. The summed E-state index contributed by atoms with van der Waals surface area (Å²) in [6, 6.07) is 9.72. The summed E-state index contributed by atoms with van der Waals surface area (Å²) in [5.74, 6) is -0.613. The summed E-state index contributed by atoms with van der Waals surface area (Å²) >= 11 is 5.85. The molecule has 0 bridgehead atoms. The van der Waals surface area contributed by atoms with Gasteiger partial charge in [-0.2, -0.15) is 0 Å². The maximum absolute atomic E-state index is 11.2.